The van der Waals surface area contributed by atoms with E-state index in [4.69, 9.17) is 4.74 Å². The van der Waals surface area contributed by atoms with E-state index in [2.05, 4.69) is 22.1 Å². The van der Waals surface area contributed by atoms with E-state index >= 15 is 0 Å². The number of fused-ring (bicyclic) bond motifs is 1. The predicted octanol–water partition coefficient (Wildman–Crippen LogP) is 3.06. The predicted molar refractivity (Wildman–Crippen MR) is 70.2 cm³/mol. The number of pyridine rings is 1. The second-order valence-electron chi connectivity index (χ2n) is 4.03. The summed E-state index contributed by atoms with van der Waals surface area (Å²) in [6.07, 6.45) is 3.62. The summed E-state index contributed by atoms with van der Waals surface area (Å²) in [4.78, 5) is 8.15. The third-order valence-electron chi connectivity index (χ3n) is 2.76. The standard InChI is InChI=1S/C9H7N.C5H9NO/c1-2-6-9-8(4-1)5-3-7-10-9;1-4-5(2)7-3-6-4/h1-7H;3-5H,1-2H3. The zero-order chi connectivity index (χ0) is 12.1. The molecule has 3 heteroatoms. The Morgan fingerprint density at radius 3 is 2.41 bits per heavy atom. The van der Waals surface area contributed by atoms with Crippen molar-refractivity contribution in [3.05, 3.63) is 42.6 Å². The van der Waals surface area contributed by atoms with Crippen LogP contribution in [0.2, 0.25) is 0 Å². The van der Waals surface area contributed by atoms with Crippen molar-refractivity contribution in [1.29, 1.82) is 0 Å². The van der Waals surface area contributed by atoms with Crippen molar-refractivity contribution in [2.75, 3.05) is 0 Å². The van der Waals surface area contributed by atoms with Crippen LogP contribution in [0.4, 0.5) is 0 Å². The average molecular weight is 228 g/mol. The Hall–Kier alpha value is -1.90. The van der Waals surface area contributed by atoms with Crippen LogP contribution in [0.1, 0.15) is 13.8 Å². The Kier molecular flexibility index (Phi) is 3.70. The van der Waals surface area contributed by atoms with Gasteiger partial charge >= 0.3 is 0 Å². The Bertz CT molecular complexity index is 445. The fourth-order valence-corrected chi connectivity index (χ4v) is 1.48. The molecule has 1 aromatic carbocycles. The summed E-state index contributed by atoms with van der Waals surface area (Å²) in [6, 6.07) is 12.4. The Balaban J connectivity index is 0.000000136. The van der Waals surface area contributed by atoms with E-state index in [-0.39, 0.29) is 0 Å². The third-order valence-corrected chi connectivity index (χ3v) is 2.76. The average Bonchev–Trinajstić information content (AvgIpc) is 2.75. The van der Waals surface area contributed by atoms with E-state index in [1.54, 1.807) is 0 Å². The third kappa shape index (κ3) is 3.03. The van der Waals surface area contributed by atoms with E-state index in [9.17, 15) is 0 Å². The molecule has 3 nitrogen and oxygen atoms in total. The fourth-order valence-electron chi connectivity index (χ4n) is 1.48. The number of hydrogen-bond donors (Lipinski definition) is 0. The summed E-state index contributed by atoms with van der Waals surface area (Å²) in [7, 11) is 0. The van der Waals surface area contributed by atoms with Crippen molar-refractivity contribution in [2.24, 2.45) is 4.99 Å². The quantitative estimate of drug-likeness (QED) is 0.694. The van der Waals surface area contributed by atoms with E-state index in [1.165, 1.54) is 11.8 Å². The number of benzene rings is 1. The van der Waals surface area contributed by atoms with Gasteiger partial charge in [0.15, 0.2) is 6.40 Å². The Morgan fingerprint density at radius 1 is 1.06 bits per heavy atom. The molecule has 0 saturated heterocycles. The summed E-state index contributed by atoms with van der Waals surface area (Å²) < 4.78 is 4.97. The molecule has 0 fully saturated rings. The van der Waals surface area contributed by atoms with Gasteiger partial charge in [0.2, 0.25) is 0 Å². The number of hydrogen-bond acceptors (Lipinski definition) is 3. The zero-order valence-corrected chi connectivity index (χ0v) is 10.1. The molecule has 2 heterocycles. The minimum atomic E-state index is 0.292. The maximum absolute atomic E-state index is 4.97. The van der Waals surface area contributed by atoms with Gasteiger partial charge in [0.05, 0.1) is 11.6 Å². The minimum absolute atomic E-state index is 0.292. The molecular weight excluding hydrogens is 212 g/mol. The van der Waals surface area contributed by atoms with Crippen molar-refractivity contribution in [2.45, 2.75) is 26.0 Å². The van der Waals surface area contributed by atoms with Gasteiger partial charge in [0.1, 0.15) is 6.10 Å². The summed E-state index contributed by atoms with van der Waals surface area (Å²) >= 11 is 0. The minimum Gasteiger partial charge on any atom is -0.478 e. The highest BCUT2D eigenvalue weighted by Gasteiger charge is 2.14. The smallest absolute Gasteiger partial charge is 0.170 e. The van der Waals surface area contributed by atoms with Crippen LogP contribution in [0.5, 0.6) is 0 Å². The normalized spacial score (nSPS) is 21.8. The molecule has 2 aromatic rings. The number of nitrogens with zero attached hydrogens (tertiary/aromatic N) is 2. The fraction of sp³-hybridized carbons (Fsp3) is 0.286. The van der Waals surface area contributed by atoms with Crippen LogP contribution in [0, 0.1) is 0 Å². The van der Waals surface area contributed by atoms with E-state index in [1.807, 2.05) is 44.3 Å². The summed E-state index contributed by atoms with van der Waals surface area (Å²) in [5, 5.41) is 1.20. The Morgan fingerprint density at radius 2 is 1.82 bits per heavy atom. The monoisotopic (exact) mass is 228 g/mol. The molecule has 3 rings (SSSR count). The van der Waals surface area contributed by atoms with Crippen LogP contribution in [0.3, 0.4) is 0 Å². The van der Waals surface area contributed by atoms with Gasteiger partial charge in [-0.3, -0.25) is 9.98 Å². The van der Waals surface area contributed by atoms with Gasteiger partial charge in [-0.1, -0.05) is 24.3 Å². The molecule has 1 aromatic heterocycles. The number of ether oxygens (including phenoxy) is 1. The summed E-state index contributed by atoms with van der Waals surface area (Å²) in [6.45, 7) is 4.05. The first-order valence-corrected chi connectivity index (χ1v) is 5.74. The summed E-state index contributed by atoms with van der Waals surface area (Å²) in [5.41, 5.74) is 1.06. The van der Waals surface area contributed by atoms with Crippen molar-refractivity contribution < 1.29 is 4.74 Å². The molecule has 0 amide bonds. The van der Waals surface area contributed by atoms with Gasteiger partial charge in [-0.2, -0.15) is 0 Å². The lowest BCUT2D eigenvalue weighted by Crippen LogP contribution is -2.12. The van der Waals surface area contributed by atoms with E-state index in [0.717, 1.165) is 5.52 Å². The van der Waals surface area contributed by atoms with E-state index in [0.29, 0.717) is 12.1 Å². The topological polar surface area (TPSA) is 34.5 Å². The maximum Gasteiger partial charge on any atom is 0.170 e. The van der Waals surface area contributed by atoms with Crippen LogP contribution in [-0.4, -0.2) is 23.5 Å². The molecule has 17 heavy (non-hydrogen) atoms. The van der Waals surface area contributed by atoms with Crippen LogP contribution in [0.25, 0.3) is 10.9 Å². The number of para-hydroxylation sites is 1. The van der Waals surface area contributed by atoms with Gasteiger partial charge in [-0.15, -0.1) is 0 Å². The molecule has 0 bridgehead atoms. The van der Waals surface area contributed by atoms with Crippen molar-refractivity contribution in [1.82, 2.24) is 4.98 Å². The first-order chi connectivity index (χ1) is 8.27. The lowest BCUT2D eigenvalue weighted by atomic mass is 10.2. The van der Waals surface area contributed by atoms with Crippen LogP contribution in [0.15, 0.2) is 47.6 Å². The van der Waals surface area contributed by atoms with Crippen LogP contribution >= 0.6 is 0 Å². The van der Waals surface area contributed by atoms with Crippen LogP contribution in [-0.2, 0) is 4.74 Å². The first kappa shape index (κ1) is 11.6. The second kappa shape index (κ2) is 5.43. The zero-order valence-electron chi connectivity index (χ0n) is 10.1. The van der Waals surface area contributed by atoms with Gasteiger partial charge in [-0.25, -0.2) is 0 Å². The molecule has 0 N–H and O–H groups in total. The van der Waals surface area contributed by atoms with E-state index < -0.39 is 0 Å². The highest BCUT2D eigenvalue weighted by Crippen LogP contribution is 2.08. The molecule has 0 radical (unpaired) electrons. The Labute approximate surface area is 101 Å². The molecule has 0 saturated carbocycles. The van der Waals surface area contributed by atoms with Gasteiger partial charge in [0.25, 0.3) is 0 Å². The molecular formula is C14H16N2O. The second-order valence-corrected chi connectivity index (χ2v) is 4.03. The first-order valence-electron chi connectivity index (χ1n) is 5.74. The molecule has 1 aliphatic rings. The van der Waals surface area contributed by atoms with Gasteiger partial charge < -0.3 is 4.74 Å². The SMILES string of the molecule is CC1N=COC1C.c1ccc2ncccc2c1. The number of rotatable bonds is 0. The maximum atomic E-state index is 4.97. The highest BCUT2D eigenvalue weighted by molar-refractivity contribution is 5.77. The van der Waals surface area contributed by atoms with Gasteiger partial charge in [-0.05, 0) is 26.0 Å². The largest absolute Gasteiger partial charge is 0.478 e. The van der Waals surface area contributed by atoms with Crippen molar-refractivity contribution in [3.8, 4) is 0 Å². The van der Waals surface area contributed by atoms with Crippen LogP contribution < -0.4 is 0 Å². The molecule has 2 atom stereocenters. The molecule has 0 spiro atoms. The lowest BCUT2D eigenvalue weighted by Gasteiger charge is -2.03. The lowest BCUT2D eigenvalue weighted by molar-refractivity contribution is 0.227. The summed E-state index contributed by atoms with van der Waals surface area (Å²) in [5.74, 6) is 0. The number of aliphatic imine (C=N–C) groups is 1. The van der Waals surface area contributed by atoms with Gasteiger partial charge in [0, 0.05) is 11.6 Å². The number of aromatic nitrogens is 1. The van der Waals surface area contributed by atoms with Crippen molar-refractivity contribution >= 4 is 17.3 Å². The van der Waals surface area contributed by atoms with Crippen molar-refractivity contribution in [3.63, 3.8) is 0 Å². The molecule has 2 unspecified atom stereocenters. The highest BCUT2D eigenvalue weighted by atomic mass is 16.5. The molecule has 1 aliphatic heterocycles. The molecule has 0 aliphatic carbocycles. The molecule has 88 valence electrons.